The molecule has 30 heavy (non-hydrogen) atoms. The number of carbonyl (C=O) groups is 3. The molecule has 1 aliphatic heterocycles. The number of sulfone groups is 1. The minimum Gasteiger partial charge on any atom is -0.453 e. The molecule has 11 heteroatoms. The molecule has 9 nitrogen and oxygen atoms in total. The number of carbonyl (C=O) groups excluding carboxylic acids is 3. The van der Waals surface area contributed by atoms with Gasteiger partial charge < -0.3 is 20.7 Å². The summed E-state index contributed by atoms with van der Waals surface area (Å²) in [6.07, 6.45) is -0.0755. The maximum atomic E-state index is 12.8. The van der Waals surface area contributed by atoms with Crippen LogP contribution < -0.4 is 11.1 Å². The number of fused-ring (bicyclic) bond motifs is 1. The van der Waals surface area contributed by atoms with Gasteiger partial charge in [-0.15, -0.1) is 11.3 Å². The first-order valence-electron chi connectivity index (χ1n) is 9.09. The van der Waals surface area contributed by atoms with E-state index >= 15 is 0 Å². The van der Waals surface area contributed by atoms with E-state index in [-0.39, 0.29) is 33.3 Å². The number of hydrogen-bond acceptors (Lipinski definition) is 7. The lowest BCUT2D eigenvalue weighted by Gasteiger charge is -2.25. The Morgan fingerprint density at radius 1 is 1.30 bits per heavy atom. The van der Waals surface area contributed by atoms with Gasteiger partial charge in [-0.05, 0) is 30.2 Å². The van der Waals surface area contributed by atoms with Crippen LogP contribution in [0.4, 0.5) is 9.80 Å². The molecule has 0 saturated carbocycles. The van der Waals surface area contributed by atoms with Crippen molar-refractivity contribution in [2.75, 3.05) is 24.7 Å². The third kappa shape index (κ3) is 4.17. The van der Waals surface area contributed by atoms with Crippen molar-refractivity contribution in [3.05, 3.63) is 45.8 Å². The molecule has 160 valence electrons. The Labute approximate surface area is 177 Å². The maximum Gasteiger partial charge on any atom is 0.409 e. The standard InChI is InChI=1S/C19H21N3O6S2/c1-3-30(26,27)12-6-4-5-11(9-12)17(24)21-18-15(16(20)23)13-7-8-22(19(25)28-2)10-14(13)29-18/h4-6,9H,3,7-8,10H2,1-2H3,(H2,20,23)(H,21,24). The molecular weight excluding hydrogens is 430 g/mol. The molecule has 0 fully saturated rings. The van der Waals surface area contributed by atoms with Crippen molar-refractivity contribution in [3.63, 3.8) is 0 Å². The minimum absolute atomic E-state index is 0.0481. The first-order valence-corrected chi connectivity index (χ1v) is 11.6. The lowest BCUT2D eigenvalue weighted by Crippen LogP contribution is -2.35. The van der Waals surface area contributed by atoms with Gasteiger partial charge in [-0.3, -0.25) is 9.59 Å². The molecule has 0 saturated heterocycles. The van der Waals surface area contributed by atoms with Crippen molar-refractivity contribution in [1.29, 1.82) is 0 Å². The van der Waals surface area contributed by atoms with Crippen LogP contribution in [0.2, 0.25) is 0 Å². The summed E-state index contributed by atoms with van der Waals surface area (Å²) in [6.45, 7) is 2.13. The molecule has 0 radical (unpaired) electrons. The Morgan fingerprint density at radius 2 is 2.03 bits per heavy atom. The zero-order valence-corrected chi connectivity index (χ0v) is 18.1. The number of rotatable bonds is 5. The summed E-state index contributed by atoms with van der Waals surface area (Å²) in [5.74, 6) is -1.33. The zero-order valence-electron chi connectivity index (χ0n) is 16.4. The Kier molecular flexibility index (Phi) is 6.13. The highest BCUT2D eigenvalue weighted by Gasteiger charge is 2.30. The quantitative estimate of drug-likeness (QED) is 0.714. The average molecular weight is 452 g/mol. The van der Waals surface area contributed by atoms with E-state index in [0.717, 1.165) is 16.2 Å². The number of benzene rings is 1. The fourth-order valence-corrected chi connectivity index (χ4v) is 5.40. The summed E-state index contributed by atoms with van der Waals surface area (Å²) in [5, 5.41) is 2.94. The molecule has 3 N–H and O–H groups in total. The van der Waals surface area contributed by atoms with Crippen molar-refractivity contribution in [3.8, 4) is 0 Å². The van der Waals surface area contributed by atoms with Crippen LogP contribution >= 0.6 is 11.3 Å². The molecule has 0 bridgehead atoms. The van der Waals surface area contributed by atoms with Crippen molar-refractivity contribution in [2.24, 2.45) is 5.73 Å². The van der Waals surface area contributed by atoms with Crippen molar-refractivity contribution in [2.45, 2.75) is 24.8 Å². The second kappa shape index (κ2) is 8.44. The summed E-state index contributed by atoms with van der Waals surface area (Å²) in [5.41, 5.74) is 6.60. The van der Waals surface area contributed by atoms with E-state index in [4.69, 9.17) is 10.5 Å². The van der Waals surface area contributed by atoms with Gasteiger partial charge in [0.2, 0.25) is 0 Å². The van der Waals surface area contributed by atoms with Gasteiger partial charge in [0, 0.05) is 17.0 Å². The van der Waals surface area contributed by atoms with Gasteiger partial charge in [0.1, 0.15) is 5.00 Å². The first-order chi connectivity index (χ1) is 14.2. The van der Waals surface area contributed by atoms with Crippen molar-refractivity contribution < 1.29 is 27.5 Å². The molecule has 0 unspecified atom stereocenters. The Bertz CT molecular complexity index is 1120. The SMILES string of the molecule is CCS(=O)(=O)c1cccc(C(=O)Nc2sc3c(c2C(N)=O)CCN(C(=O)OC)C3)c1. The van der Waals surface area contributed by atoms with Crippen LogP contribution in [0.25, 0.3) is 0 Å². The van der Waals surface area contributed by atoms with E-state index in [0.29, 0.717) is 18.5 Å². The van der Waals surface area contributed by atoms with Gasteiger partial charge in [-0.2, -0.15) is 0 Å². The zero-order chi connectivity index (χ0) is 22.1. The summed E-state index contributed by atoms with van der Waals surface area (Å²) in [4.78, 5) is 38.9. The summed E-state index contributed by atoms with van der Waals surface area (Å²) in [6, 6.07) is 5.70. The number of hydrogen-bond donors (Lipinski definition) is 2. The van der Waals surface area contributed by atoms with Crippen LogP contribution in [0.3, 0.4) is 0 Å². The van der Waals surface area contributed by atoms with Crippen LogP contribution in [0.1, 0.15) is 38.1 Å². The van der Waals surface area contributed by atoms with E-state index in [1.54, 1.807) is 0 Å². The predicted molar refractivity (Wildman–Crippen MR) is 111 cm³/mol. The van der Waals surface area contributed by atoms with Crippen LogP contribution in [-0.4, -0.2) is 50.6 Å². The Hall–Kier alpha value is -2.92. The van der Waals surface area contributed by atoms with Crippen molar-refractivity contribution in [1.82, 2.24) is 4.90 Å². The summed E-state index contributed by atoms with van der Waals surface area (Å²) >= 11 is 1.16. The van der Waals surface area contributed by atoms with Gasteiger partial charge in [0.05, 0.1) is 29.9 Å². The van der Waals surface area contributed by atoms with Gasteiger partial charge >= 0.3 is 6.09 Å². The number of nitrogens with two attached hydrogens (primary N) is 1. The fraction of sp³-hybridized carbons (Fsp3) is 0.316. The van der Waals surface area contributed by atoms with E-state index in [1.165, 1.54) is 43.2 Å². The van der Waals surface area contributed by atoms with Crippen LogP contribution in [0.5, 0.6) is 0 Å². The van der Waals surface area contributed by atoms with Gasteiger partial charge in [-0.25, -0.2) is 13.2 Å². The van der Waals surface area contributed by atoms with E-state index in [1.807, 2.05) is 0 Å². The molecule has 2 aromatic rings. The van der Waals surface area contributed by atoms with Gasteiger partial charge in [0.25, 0.3) is 11.8 Å². The molecule has 0 atom stereocenters. The van der Waals surface area contributed by atoms with E-state index in [2.05, 4.69) is 5.32 Å². The van der Waals surface area contributed by atoms with E-state index in [9.17, 15) is 22.8 Å². The lowest BCUT2D eigenvalue weighted by molar-refractivity contribution is 0.0999. The number of nitrogens with zero attached hydrogens (tertiary/aromatic N) is 1. The topological polar surface area (TPSA) is 136 Å². The third-order valence-corrected chi connectivity index (χ3v) is 7.66. The summed E-state index contributed by atoms with van der Waals surface area (Å²) in [7, 11) is -2.18. The molecule has 2 heterocycles. The highest BCUT2D eigenvalue weighted by Crippen LogP contribution is 2.37. The van der Waals surface area contributed by atoms with Crippen LogP contribution in [0.15, 0.2) is 29.2 Å². The van der Waals surface area contributed by atoms with Crippen LogP contribution in [-0.2, 0) is 27.5 Å². The molecule has 1 aromatic heterocycles. The van der Waals surface area contributed by atoms with E-state index < -0.39 is 27.7 Å². The molecular formula is C19H21N3O6S2. The molecule has 3 amide bonds. The number of nitrogens with one attached hydrogen (secondary N) is 1. The number of amides is 3. The number of anilines is 1. The van der Waals surface area contributed by atoms with Gasteiger partial charge in [-0.1, -0.05) is 13.0 Å². The number of methoxy groups -OCH3 is 1. The predicted octanol–water partition coefficient (Wildman–Crippen LogP) is 2.02. The monoisotopic (exact) mass is 451 g/mol. The molecule has 1 aliphatic rings. The number of thiophene rings is 1. The molecule has 0 spiro atoms. The third-order valence-electron chi connectivity index (χ3n) is 4.80. The summed E-state index contributed by atoms with van der Waals surface area (Å²) < 4.78 is 28.9. The Balaban J connectivity index is 1.91. The molecule has 1 aromatic carbocycles. The molecule has 0 aliphatic carbocycles. The number of ether oxygens (including phenoxy) is 1. The first kappa shape index (κ1) is 21.8. The Morgan fingerprint density at radius 3 is 2.67 bits per heavy atom. The van der Waals surface area contributed by atoms with Crippen LogP contribution in [0, 0.1) is 0 Å². The highest BCUT2D eigenvalue weighted by molar-refractivity contribution is 7.91. The largest absolute Gasteiger partial charge is 0.453 e. The normalized spacial score (nSPS) is 13.5. The fourth-order valence-electron chi connectivity index (χ4n) is 3.21. The number of primary amides is 1. The molecule has 3 rings (SSSR count). The van der Waals surface area contributed by atoms with Gasteiger partial charge in [0.15, 0.2) is 9.84 Å². The highest BCUT2D eigenvalue weighted by atomic mass is 32.2. The van der Waals surface area contributed by atoms with Crippen molar-refractivity contribution >= 4 is 44.1 Å². The second-order valence-corrected chi connectivity index (χ2v) is 9.98. The second-order valence-electron chi connectivity index (χ2n) is 6.60. The average Bonchev–Trinajstić information content (AvgIpc) is 3.10. The smallest absolute Gasteiger partial charge is 0.409 e. The minimum atomic E-state index is -3.47. The maximum absolute atomic E-state index is 12.8. The lowest BCUT2D eigenvalue weighted by atomic mass is 10.0.